The van der Waals surface area contributed by atoms with E-state index in [2.05, 4.69) is 15.4 Å². The topological polar surface area (TPSA) is 111 Å². The molecule has 1 aliphatic heterocycles. The molecule has 0 radical (unpaired) electrons. The molecule has 29 heavy (non-hydrogen) atoms. The van der Waals surface area contributed by atoms with Crippen LogP contribution in [-0.4, -0.2) is 57.2 Å². The van der Waals surface area contributed by atoms with Gasteiger partial charge in [-0.25, -0.2) is 14.6 Å². The molecule has 9 heteroatoms. The quantitative estimate of drug-likeness (QED) is 0.654. The summed E-state index contributed by atoms with van der Waals surface area (Å²) in [6, 6.07) is 5.46. The molecule has 4 rings (SSSR count). The van der Waals surface area contributed by atoms with Crippen molar-refractivity contribution in [2.75, 3.05) is 31.7 Å². The fourth-order valence-electron chi connectivity index (χ4n) is 3.42. The summed E-state index contributed by atoms with van der Waals surface area (Å²) in [6.07, 6.45) is 2.59. The summed E-state index contributed by atoms with van der Waals surface area (Å²) in [6.45, 7) is 4.78. The lowest BCUT2D eigenvalue weighted by Gasteiger charge is -2.13. The number of pyridine rings is 2. The molecule has 9 nitrogen and oxygen atoms in total. The first-order chi connectivity index (χ1) is 14.0. The molecule has 2 N–H and O–H groups in total. The van der Waals surface area contributed by atoms with Gasteiger partial charge in [-0.3, -0.25) is 4.79 Å². The van der Waals surface area contributed by atoms with Gasteiger partial charge in [-0.1, -0.05) is 0 Å². The number of nitrogens with one attached hydrogen (secondary N) is 1. The summed E-state index contributed by atoms with van der Waals surface area (Å²) < 4.78 is 12.9. The van der Waals surface area contributed by atoms with Gasteiger partial charge in [0.1, 0.15) is 18.2 Å². The molecule has 4 heterocycles. The molecule has 0 saturated carbocycles. The predicted molar refractivity (Wildman–Crippen MR) is 106 cm³/mol. The summed E-state index contributed by atoms with van der Waals surface area (Å²) in [7, 11) is 0. The SMILES string of the molecule is CC(=O)Nc1cc2c(cn1)c(C)nn2-c1cc(OCCO)cc(C2CCOC2)n1. The van der Waals surface area contributed by atoms with Gasteiger partial charge in [-0.05, 0) is 13.3 Å². The third-order valence-corrected chi connectivity index (χ3v) is 4.78. The van der Waals surface area contributed by atoms with Crippen LogP contribution < -0.4 is 10.1 Å². The highest BCUT2D eigenvalue weighted by Gasteiger charge is 2.22. The van der Waals surface area contributed by atoms with Crippen LogP contribution in [0.1, 0.15) is 30.7 Å². The average molecular weight is 397 g/mol. The number of hydrogen-bond acceptors (Lipinski definition) is 7. The molecule has 1 atom stereocenters. The highest BCUT2D eigenvalue weighted by atomic mass is 16.5. The molecule has 0 aromatic carbocycles. The second kappa shape index (κ2) is 8.14. The second-order valence-electron chi connectivity index (χ2n) is 6.98. The molecule has 0 spiro atoms. The van der Waals surface area contributed by atoms with Crippen LogP contribution in [0.15, 0.2) is 24.4 Å². The Kier molecular flexibility index (Phi) is 5.41. The molecule has 1 aliphatic rings. The number of aryl methyl sites for hydroxylation is 1. The van der Waals surface area contributed by atoms with E-state index >= 15 is 0 Å². The third kappa shape index (κ3) is 4.06. The van der Waals surface area contributed by atoms with Crippen LogP contribution in [0.4, 0.5) is 5.82 Å². The van der Waals surface area contributed by atoms with Gasteiger partial charge in [0.15, 0.2) is 5.82 Å². The lowest BCUT2D eigenvalue weighted by atomic mass is 10.0. The van der Waals surface area contributed by atoms with E-state index in [1.807, 2.05) is 13.0 Å². The number of hydrogen-bond donors (Lipinski definition) is 2. The van der Waals surface area contributed by atoms with Crippen LogP contribution >= 0.6 is 0 Å². The minimum absolute atomic E-state index is 0.0743. The smallest absolute Gasteiger partial charge is 0.222 e. The lowest BCUT2D eigenvalue weighted by molar-refractivity contribution is -0.114. The van der Waals surface area contributed by atoms with Gasteiger partial charge in [-0.2, -0.15) is 5.10 Å². The summed E-state index contributed by atoms with van der Waals surface area (Å²) in [5.41, 5.74) is 2.45. The molecule has 1 unspecified atom stereocenters. The molecule has 152 valence electrons. The Labute approximate surface area is 167 Å². The molecular weight excluding hydrogens is 374 g/mol. The number of amides is 1. The van der Waals surface area contributed by atoms with Crippen molar-refractivity contribution < 1.29 is 19.4 Å². The van der Waals surface area contributed by atoms with E-state index in [1.54, 1.807) is 23.0 Å². The predicted octanol–water partition coefficient (Wildman–Crippen LogP) is 1.96. The van der Waals surface area contributed by atoms with Crippen molar-refractivity contribution in [1.82, 2.24) is 19.7 Å². The zero-order valence-electron chi connectivity index (χ0n) is 16.4. The summed E-state index contributed by atoms with van der Waals surface area (Å²) in [5.74, 6) is 1.65. The van der Waals surface area contributed by atoms with Crippen molar-refractivity contribution in [2.24, 2.45) is 0 Å². The Bertz CT molecular complexity index is 1040. The average Bonchev–Trinajstić information content (AvgIpc) is 3.34. The maximum atomic E-state index is 11.4. The van der Waals surface area contributed by atoms with E-state index in [1.165, 1.54) is 6.92 Å². The summed E-state index contributed by atoms with van der Waals surface area (Å²) in [4.78, 5) is 20.5. The van der Waals surface area contributed by atoms with E-state index in [0.29, 0.717) is 30.6 Å². The molecular formula is C20H23N5O4. The van der Waals surface area contributed by atoms with Crippen molar-refractivity contribution in [3.05, 3.63) is 35.8 Å². The van der Waals surface area contributed by atoms with Crippen molar-refractivity contribution in [1.29, 1.82) is 0 Å². The second-order valence-corrected chi connectivity index (χ2v) is 6.98. The van der Waals surface area contributed by atoms with Gasteiger partial charge in [0.2, 0.25) is 5.91 Å². The van der Waals surface area contributed by atoms with Crippen molar-refractivity contribution >= 4 is 22.6 Å². The Hall–Kier alpha value is -3.04. The van der Waals surface area contributed by atoms with Crippen molar-refractivity contribution in [3.8, 4) is 11.6 Å². The first-order valence-corrected chi connectivity index (χ1v) is 9.52. The maximum Gasteiger partial charge on any atom is 0.222 e. The molecule has 3 aromatic rings. The normalized spacial score (nSPS) is 16.3. The number of carbonyl (C=O) groups is 1. The van der Waals surface area contributed by atoms with Gasteiger partial charge < -0.3 is 19.9 Å². The highest BCUT2D eigenvalue weighted by molar-refractivity contribution is 5.91. The zero-order valence-corrected chi connectivity index (χ0v) is 16.4. The number of rotatable bonds is 6. The number of anilines is 1. The largest absolute Gasteiger partial charge is 0.491 e. The first kappa shape index (κ1) is 19.3. The number of ether oxygens (including phenoxy) is 2. The van der Waals surface area contributed by atoms with Gasteiger partial charge in [-0.15, -0.1) is 0 Å². The third-order valence-electron chi connectivity index (χ3n) is 4.78. The van der Waals surface area contributed by atoms with E-state index in [0.717, 1.165) is 28.7 Å². The Morgan fingerprint density at radius 2 is 2.28 bits per heavy atom. The van der Waals surface area contributed by atoms with Crippen LogP contribution in [0.5, 0.6) is 5.75 Å². The monoisotopic (exact) mass is 397 g/mol. The number of aliphatic hydroxyl groups excluding tert-OH is 1. The van der Waals surface area contributed by atoms with Crippen LogP contribution in [0.25, 0.3) is 16.7 Å². The van der Waals surface area contributed by atoms with E-state index < -0.39 is 0 Å². The fraction of sp³-hybridized carbons (Fsp3) is 0.400. The highest BCUT2D eigenvalue weighted by Crippen LogP contribution is 2.30. The summed E-state index contributed by atoms with van der Waals surface area (Å²) in [5, 5.41) is 17.3. The van der Waals surface area contributed by atoms with E-state index in [4.69, 9.17) is 19.6 Å². The molecule has 1 saturated heterocycles. The standard InChI is InChI=1S/C20H23N5O4/c1-12-16-10-21-19(22-13(2)27)9-18(16)25(24-12)20-8-15(29-6-4-26)7-17(23-20)14-3-5-28-11-14/h7-10,14,26H,3-6,11H2,1-2H3,(H,21,22,27). The molecule has 3 aromatic heterocycles. The van der Waals surface area contributed by atoms with Crippen molar-refractivity contribution in [2.45, 2.75) is 26.2 Å². The van der Waals surface area contributed by atoms with Crippen molar-refractivity contribution in [3.63, 3.8) is 0 Å². The van der Waals surface area contributed by atoms with Gasteiger partial charge in [0.05, 0.1) is 30.1 Å². The number of nitrogens with zero attached hydrogens (tertiary/aromatic N) is 4. The molecule has 1 fully saturated rings. The van der Waals surface area contributed by atoms with E-state index in [-0.39, 0.29) is 25.0 Å². The van der Waals surface area contributed by atoms with Gasteiger partial charge in [0, 0.05) is 49.2 Å². The minimum atomic E-state index is -0.194. The zero-order chi connectivity index (χ0) is 20.4. The molecule has 1 amide bonds. The Morgan fingerprint density at radius 1 is 1.41 bits per heavy atom. The minimum Gasteiger partial charge on any atom is -0.491 e. The van der Waals surface area contributed by atoms with E-state index in [9.17, 15) is 4.79 Å². The fourth-order valence-corrected chi connectivity index (χ4v) is 3.42. The summed E-state index contributed by atoms with van der Waals surface area (Å²) >= 11 is 0. The Morgan fingerprint density at radius 3 is 3.00 bits per heavy atom. The number of aromatic nitrogens is 4. The number of aliphatic hydroxyl groups is 1. The van der Waals surface area contributed by atoms with Crippen LogP contribution in [-0.2, 0) is 9.53 Å². The number of carbonyl (C=O) groups excluding carboxylic acids is 1. The van der Waals surface area contributed by atoms with Gasteiger partial charge in [0.25, 0.3) is 0 Å². The maximum absolute atomic E-state index is 11.4. The van der Waals surface area contributed by atoms with Crippen LogP contribution in [0.2, 0.25) is 0 Å². The molecule has 0 aliphatic carbocycles. The van der Waals surface area contributed by atoms with Gasteiger partial charge >= 0.3 is 0 Å². The first-order valence-electron chi connectivity index (χ1n) is 9.52. The number of fused-ring (bicyclic) bond motifs is 1. The lowest BCUT2D eigenvalue weighted by Crippen LogP contribution is -2.10. The van der Waals surface area contributed by atoms with Crippen LogP contribution in [0.3, 0.4) is 0 Å². The van der Waals surface area contributed by atoms with Crippen LogP contribution in [0, 0.1) is 6.92 Å². The Balaban J connectivity index is 1.82. The molecule has 0 bridgehead atoms.